The Morgan fingerprint density at radius 2 is 0.986 bits per heavy atom. The van der Waals surface area contributed by atoms with E-state index < -0.39 is 0 Å². The first-order chi connectivity index (χ1) is 33.5. The number of carbonyl (C=O) groups is 2. The zero-order chi connectivity index (χ0) is 49.3. The molecule has 3 aliphatic rings. The van der Waals surface area contributed by atoms with Crippen LogP contribution in [0.5, 0.6) is 0 Å². The van der Waals surface area contributed by atoms with Gasteiger partial charge in [0.1, 0.15) is 0 Å². The highest BCUT2D eigenvalue weighted by Crippen LogP contribution is 2.37. The SMILES string of the molecule is Cc1cc(CC(=O)N2Cc3ccccc3C2)ccc1-c1n[nH]c(=O)c2ccccc12.Cc1cc(CC(=O)N2Cc3ccccc3C2)ccc1B1OC(C)(C)C(C)(C)O1.O=c1[nH]nc(Cl)c2ccccc12. The van der Waals surface area contributed by atoms with Gasteiger partial charge in [0, 0.05) is 42.5 Å². The van der Waals surface area contributed by atoms with Gasteiger partial charge in [0.25, 0.3) is 11.1 Å². The Hall–Kier alpha value is -7.19. The second kappa shape index (κ2) is 19.7. The number of aromatic amines is 2. The lowest BCUT2D eigenvalue weighted by atomic mass is 9.75. The molecule has 2 N–H and O–H groups in total. The summed E-state index contributed by atoms with van der Waals surface area (Å²) in [6.45, 7) is 15.1. The molecule has 0 aliphatic carbocycles. The molecule has 1 saturated heterocycles. The van der Waals surface area contributed by atoms with Crippen LogP contribution in [0, 0.1) is 13.8 Å². The van der Waals surface area contributed by atoms with Gasteiger partial charge in [-0.25, -0.2) is 10.2 Å². The fourth-order valence-electron chi connectivity index (χ4n) is 9.18. The lowest BCUT2D eigenvalue weighted by Gasteiger charge is -2.32. The van der Waals surface area contributed by atoms with Gasteiger partial charge in [-0.05, 0) is 98.1 Å². The fraction of sp³-hybridized carbons (Fsp3) is 0.250. The van der Waals surface area contributed by atoms with Crippen molar-refractivity contribution in [1.82, 2.24) is 30.2 Å². The minimum atomic E-state index is -0.372. The summed E-state index contributed by atoms with van der Waals surface area (Å²) < 4.78 is 12.3. The van der Waals surface area contributed by atoms with Crippen molar-refractivity contribution in [2.45, 2.75) is 91.8 Å². The molecule has 0 saturated carbocycles. The van der Waals surface area contributed by atoms with E-state index in [4.69, 9.17) is 20.9 Å². The van der Waals surface area contributed by atoms with Crippen LogP contribution < -0.4 is 16.6 Å². The van der Waals surface area contributed by atoms with Gasteiger partial charge in [-0.3, -0.25) is 19.2 Å². The summed E-state index contributed by atoms with van der Waals surface area (Å²) in [4.78, 5) is 52.7. The van der Waals surface area contributed by atoms with Crippen LogP contribution in [0.4, 0.5) is 0 Å². The number of carbonyl (C=O) groups excluding carboxylic acids is 2. The monoisotopic (exact) mass is 952 g/mol. The van der Waals surface area contributed by atoms with E-state index in [1.807, 2.05) is 95.6 Å². The van der Waals surface area contributed by atoms with Crippen molar-refractivity contribution in [3.05, 3.63) is 204 Å². The standard InChI is InChI=1S/C25H21N3O2.C23H28BNO3.C8H5ClN2O/c1-16-12-17(13-23(29)28-14-18-6-2-3-7-19(18)15-28)10-11-20(16)24-21-8-4-5-9-22(21)25(30)27-26-24;1-16-12-17(10-11-20(16)24-27-22(2,3)23(4,5)28-24)13-21(26)25-14-18-8-6-7-9-19(18)15-25;9-7-5-3-1-2-4-6(5)8(12)11-10-7/h2-12H,13-15H2,1H3,(H,27,30);6-12H,13-15H2,1-5H3;1-4H,(H,11,12). The highest BCUT2D eigenvalue weighted by molar-refractivity contribution is 6.62. The minimum absolute atomic E-state index is 0.131. The molecule has 0 radical (unpaired) electrons. The molecule has 1 fully saturated rings. The van der Waals surface area contributed by atoms with Crippen LogP contribution in [0.1, 0.15) is 72.2 Å². The Bertz CT molecular complexity index is 3360. The first kappa shape index (κ1) is 47.9. The van der Waals surface area contributed by atoms with E-state index in [2.05, 4.69) is 85.3 Å². The smallest absolute Gasteiger partial charge is 0.399 e. The Kier molecular flexibility index (Phi) is 13.4. The number of H-pyrrole nitrogens is 2. The fourth-order valence-corrected chi connectivity index (χ4v) is 9.38. The topological polar surface area (TPSA) is 151 Å². The number of aromatic nitrogens is 4. The zero-order valence-electron chi connectivity index (χ0n) is 40.1. The van der Waals surface area contributed by atoms with E-state index in [0.717, 1.165) is 44.4 Å². The maximum Gasteiger partial charge on any atom is 0.495 e. The molecular formula is C56H54BClN6O6. The van der Waals surface area contributed by atoms with Crippen molar-refractivity contribution in [3.63, 3.8) is 0 Å². The molecule has 0 spiro atoms. The van der Waals surface area contributed by atoms with Crippen LogP contribution in [-0.2, 0) is 57.9 Å². The third-order valence-electron chi connectivity index (χ3n) is 13.8. The molecular weight excluding hydrogens is 899 g/mol. The van der Waals surface area contributed by atoms with E-state index in [-0.39, 0.29) is 41.3 Å². The third kappa shape index (κ3) is 9.96. The van der Waals surface area contributed by atoms with Crippen LogP contribution >= 0.6 is 11.6 Å². The average Bonchev–Trinajstić information content (AvgIpc) is 4.05. The van der Waals surface area contributed by atoms with Crippen molar-refractivity contribution in [2.24, 2.45) is 0 Å². The maximum absolute atomic E-state index is 12.8. The van der Waals surface area contributed by atoms with Crippen LogP contribution in [0.3, 0.4) is 0 Å². The maximum atomic E-state index is 12.8. The average molecular weight is 953 g/mol. The van der Waals surface area contributed by atoms with Crippen LogP contribution in [-0.4, -0.2) is 60.3 Å². The Morgan fingerprint density at radius 1 is 0.571 bits per heavy atom. The quantitative estimate of drug-likeness (QED) is 0.157. The van der Waals surface area contributed by atoms with Crippen molar-refractivity contribution < 1.29 is 18.9 Å². The number of hydrogen-bond acceptors (Lipinski definition) is 8. The number of nitrogens with zero attached hydrogens (tertiary/aromatic N) is 4. The second-order valence-corrected chi connectivity index (χ2v) is 19.5. The number of rotatable bonds is 6. The Balaban J connectivity index is 0.000000141. The summed E-state index contributed by atoms with van der Waals surface area (Å²) in [5.74, 6) is 0.296. The van der Waals surface area contributed by atoms with Crippen LogP contribution in [0.15, 0.2) is 143 Å². The molecule has 14 heteroatoms. The van der Waals surface area contributed by atoms with E-state index >= 15 is 0 Å². The highest BCUT2D eigenvalue weighted by atomic mass is 35.5. The number of nitrogens with one attached hydrogen (secondary N) is 2. The largest absolute Gasteiger partial charge is 0.495 e. The summed E-state index contributed by atoms with van der Waals surface area (Å²) in [7, 11) is -0.372. The molecule has 2 amide bonds. The summed E-state index contributed by atoms with van der Waals surface area (Å²) >= 11 is 5.75. The van der Waals surface area contributed by atoms with Gasteiger partial charge >= 0.3 is 7.12 Å². The molecule has 3 aliphatic heterocycles. The zero-order valence-corrected chi connectivity index (χ0v) is 40.9. The molecule has 6 aromatic carbocycles. The number of halogens is 1. The molecule has 2 aromatic heterocycles. The Labute approximate surface area is 411 Å². The number of benzene rings is 6. The van der Waals surface area contributed by atoms with Gasteiger partial charge in [-0.15, -0.1) is 0 Å². The number of fused-ring (bicyclic) bond motifs is 4. The van der Waals surface area contributed by atoms with Gasteiger partial charge in [0.15, 0.2) is 5.15 Å². The van der Waals surface area contributed by atoms with Gasteiger partial charge in [-0.1, -0.05) is 138 Å². The number of hydrogen-bond donors (Lipinski definition) is 2. The molecule has 0 unspecified atom stereocenters. The first-order valence-corrected chi connectivity index (χ1v) is 23.8. The van der Waals surface area contributed by atoms with Crippen molar-refractivity contribution in [2.75, 3.05) is 0 Å². The summed E-state index contributed by atoms with van der Waals surface area (Å²) in [6.07, 6.45) is 0.785. The van der Waals surface area contributed by atoms with Gasteiger partial charge in [-0.2, -0.15) is 10.2 Å². The van der Waals surface area contributed by atoms with Crippen LogP contribution in [0.2, 0.25) is 5.15 Å². The molecule has 5 heterocycles. The molecule has 11 rings (SSSR count). The van der Waals surface area contributed by atoms with Crippen LogP contribution in [0.25, 0.3) is 32.8 Å². The van der Waals surface area contributed by atoms with E-state index in [9.17, 15) is 19.2 Å². The molecule has 70 heavy (non-hydrogen) atoms. The molecule has 8 aromatic rings. The minimum Gasteiger partial charge on any atom is -0.399 e. The van der Waals surface area contributed by atoms with Gasteiger partial charge in [0.2, 0.25) is 11.8 Å². The summed E-state index contributed by atoms with van der Waals surface area (Å²) in [6, 6.07) is 43.2. The van der Waals surface area contributed by atoms with Crippen molar-refractivity contribution >= 4 is 57.5 Å². The predicted octanol–water partition coefficient (Wildman–Crippen LogP) is 8.94. The van der Waals surface area contributed by atoms with Crippen molar-refractivity contribution in [1.29, 1.82) is 0 Å². The lowest BCUT2D eigenvalue weighted by Crippen LogP contribution is -2.41. The highest BCUT2D eigenvalue weighted by Gasteiger charge is 2.52. The summed E-state index contributed by atoms with van der Waals surface area (Å²) in [5.41, 5.74) is 10.7. The normalized spacial score (nSPS) is 15.2. The molecule has 0 atom stereocenters. The van der Waals surface area contributed by atoms with Gasteiger partial charge < -0.3 is 19.1 Å². The first-order valence-electron chi connectivity index (χ1n) is 23.4. The summed E-state index contributed by atoms with van der Waals surface area (Å²) in [5, 5.41) is 15.9. The van der Waals surface area contributed by atoms with E-state index in [1.54, 1.807) is 24.3 Å². The Morgan fingerprint density at radius 3 is 1.46 bits per heavy atom. The molecule has 354 valence electrons. The molecule has 0 bridgehead atoms. The third-order valence-corrected chi connectivity index (χ3v) is 14.1. The van der Waals surface area contributed by atoms with E-state index in [1.165, 1.54) is 22.3 Å². The second-order valence-electron chi connectivity index (χ2n) is 19.2. The molecule has 12 nitrogen and oxygen atoms in total. The lowest BCUT2D eigenvalue weighted by molar-refractivity contribution is -0.131. The van der Waals surface area contributed by atoms with E-state index in [0.29, 0.717) is 60.3 Å². The van der Waals surface area contributed by atoms with Crippen molar-refractivity contribution in [3.8, 4) is 11.3 Å². The van der Waals surface area contributed by atoms with Gasteiger partial charge in [0.05, 0.1) is 40.5 Å². The number of amides is 2. The number of aryl methyl sites for hydroxylation is 2. The predicted molar refractivity (Wildman–Crippen MR) is 276 cm³/mol.